The fourth-order valence-corrected chi connectivity index (χ4v) is 6.09. The number of rotatable bonds is 4. The first-order chi connectivity index (χ1) is 16.5. The average Bonchev–Trinajstić information content (AvgIpc) is 3.39. The average molecular weight is 479 g/mol. The minimum Gasteiger partial charge on any atom is -0.340 e. The summed E-state index contributed by atoms with van der Waals surface area (Å²) in [6.07, 6.45) is 3.46. The molecule has 0 radical (unpaired) electrons. The molecule has 2 atom stereocenters. The van der Waals surface area contributed by atoms with Gasteiger partial charge in [-0.25, -0.2) is 9.37 Å². The molecule has 0 bridgehead atoms. The Balaban J connectivity index is 1.19. The Morgan fingerprint density at radius 1 is 1.26 bits per heavy atom. The molecular formula is C23H23FN8OS. The number of aromatic nitrogens is 5. The number of nitrogens with zero attached hydrogens (tertiary/aromatic N) is 8. The topological polar surface area (TPSA) is 104 Å². The number of carbonyl (C=O) groups is 1. The molecule has 2 aliphatic heterocycles. The highest BCUT2D eigenvalue weighted by Crippen LogP contribution is 2.39. The predicted molar refractivity (Wildman–Crippen MR) is 124 cm³/mol. The van der Waals surface area contributed by atoms with E-state index in [9.17, 15) is 14.4 Å². The summed E-state index contributed by atoms with van der Waals surface area (Å²) < 4.78 is 15.4. The number of amides is 1. The van der Waals surface area contributed by atoms with Crippen LogP contribution in [0, 0.1) is 24.1 Å². The highest BCUT2D eigenvalue weighted by molar-refractivity contribution is 7.99. The van der Waals surface area contributed by atoms with Gasteiger partial charge in [0.25, 0.3) is 0 Å². The lowest BCUT2D eigenvalue weighted by Gasteiger charge is -2.46. The third-order valence-corrected chi connectivity index (χ3v) is 7.89. The van der Waals surface area contributed by atoms with Gasteiger partial charge in [-0.2, -0.15) is 21.7 Å². The fraction of sp³-hybridized carbons (Fsp3) is 0.391. The van der Waals surface area contributed by atoms with Crippen LogP contribution in [0.5, 0.6) is 0 Å². The number of carbonyl (C=O) groups excluding carboxylic acids is 1. The van der Waals surface area contributed by atoms with E-state index < -0.39 is 5.82 Å². The standard InChI is InChI=1S/C23H23FN8OS/c1-15-18(3-4-20(24)19(15)9-25)21-12-30-6-7-31(11-17(30)13-34-21)23(33)8-16-2-5-22(26-10-16)32-14-27-28-29-32/h2-5,10,14,17,21H,6-8,11-13H2,1H3. The molecule has 2 saturated heterocycles. The van der Waals surface area contributed by atoms with Gasteiger partial charge in [0.2, 0.25) is 5.91 Å². The Hall–Kier alpha value is -3.36. The second-order valence-corrected chi connectivity index (χ2v) is 9.75. The van der Waals surface area contributed by atoms with Gasteiger partial charge in [-0.1, -0.05) is 12.1 Å². The van der Waals surface area contributed by atoms with E-state index >= 15 is 0 Å². The quantitative estimate of drug-likeness (QED) is 0.560. The molecule has 2 aromatic heterocycles. The molecule has 4 heterocycles. The third-order valence-electron chi connectivity index (χ3n) is 6.51. The van der Waals surface area contributed by atoms with Gasteiger partial charge < -0.3 is 4.90 Å². The van der Waals surface area contributed by atoms with Crippen LogP contribution in [-0.2, 0) is 11.2 Å². The Morgan fingerprint density at radius 2 is 2.15 bits per heavy atom. The molecule has 11 heteroatoms. The lowest BCUT2D eigenvalue weighted by Crippen LogP contribution is -2.58. The Kier molecular flexibility index (Phi) is 6.26. The Bertz CT molecular complexity index is 1230. The third kappa shape index (κ3) is 4.38. The predicted octanol–water partition coefficient (Wildman–Crippen LogP) is 1.92. The van der Waals surface area contributed by atoms with Gasteiger partial charge in [0.05, 0.1) is 12.0 Å². The van der Waals surface area contributed by atoms with Crippen molar-refractivity contribution >= 4 is 17.7 Å². The largest absolute Gasteiger partial charge is 0.340 e. The molecule has 0 N–H and O–H groups in total. The number of nitriles is 1. The van der Waals surface area contributed by atoms with Crippen LogP contribution >= 0.6 is 11.8 Å². The molecule has 2 unspecified atom stereocenters. The van der Waals surface area contributed by atoms with Crippen LogP contribution < -0.4 is 0 Å². The van der Waals surface area contributed by atoms with Gasteiger partial charge in [-0.15, -0.1) is 5.10 Å². The summed E-state index contributed by atoms with van der Waals surface area (Å²) in [6, 6.07) is 9.15. The molecule has 34 heavy (non-hydrogen) atoms. The van der Waals surface area contributed by atoms with Crippen molar-refractivity contribution in [3.8, 4) is 11.9 Å². The van der Waals surface area contributed by atoms with Gasteiger partial charge in [-0.05, 0) is 46.2 Å². The summed E-state index contributed by atoms with van der Waals surface area (Å²) in [4.78, 5) is 21.7. The van der Waals surface area contributed by atoms with E-state index in [2.05, 4.69) is 25.4 Å². The minimum absolute atomic E-state index is 0.0942. The number of piperazine rings is 1. The highest BCUT2D eigenvalue weighted by Gasteiger charge is 2.36. The van der Waals surface area contributed by atoms with Crippen LogP contribution in [0.15, 0.2) is 36.8 Å². The van der Waals surface area contributed by atoms with Crippen molar-refractivity contribution in [3.05, 3.63) is 64.9 Å². The van der Waals surface area contributed by atoms with Crippen LogP contribution in [0.4, 0.5) is 4.39 Å². The molecule has 0 aliphatic carbocycles. The van der Waals surface area contributed by atoms with Crippen LogP contribution in [0.25, 0.3) is 5.82 Å². The zero-order valence-corrected chi connectivity index (χ0v) is 19.5. The molecular weight excluding hydrogens is 455 g/mol. The number of fused-ring (bicyclic) bond motifs is 1. The van der Waals surface area contributed by atoms with Gasteiger partial charge in [-0.3, -0.25) is 9.69 Å². The van der Waals surface area contributed by atoms with Crippen LogP contribution in [-0.4, -0.2) is 78.9 Å². The monoisotopic (exact) mass is 478 g/mol. The molecule has 174 valence electrons. The lowest BCUT2D eigenvalue weighted by atomic mass is 9.99. The van der Waals surface area contributed by atoms with E-state index in [1.54, 1.807) is 12.3 Å². The zero-order valence-electron chi connectivity index (χ0n) is 18.6. The molecule has 2 fully saturated rings. The number of benzene rings is 1. The van der Waals surface area contributed by atoms with Crippen molar-refractivity contribution in [2.45, 2.75) is 24.6 Å². The summed E-state index contributed by atoms with van der Waals surface area (Å²) in [6.45, 7) is 4.83. The molecule has 0 saturated carbocycles. The van der Waals surface area contributed by atoms with Gasteiger partial charge >= 0.3 is 0 Å². The van der Waals surface area contributed by atoms with Gasteiger partial charge in [0, 0.05) is 49.4 Å². The van der Waals surface area contributed by atoms with E-state index in [0.29, 0.717) is 25.3 Å². The van der Waals surface area contributed by atoms with Crippen molar-refractivity contribution in [2.75, 3.05) is 31.9 Å². The summed E-state index contributed by atoms with van der Waals surface area (Å²) in [7, 11) is 0. The van der Waals surface area contributed by atoms with Crippen LogP contribution in [0.3, 0.4) is 0 Å². The molecule has 9 nitrogen and oxygen atoms in total. The normalized spacial score (nSPS) is 20.6. The van der Waals surface area contributed by atoms with Crippen molar-refractivity contribution in [2.24, 2.45) is 0 Å². The molecule has 0 spiro atoms. The second-order valence-electron chi connectivity index (χ2n) is 8.51. The summed E-state index contributed by atoms with van der Waals surface area (Å²) in [5.41, 5.74) is 2.74. The summed E-state index contributed by atoms with van der Waals surface area (Å²) in [5, 5.41) is 20.5. The molecule has 2 aliphatic rings. The first kappa shape index (κ1) is 22.4. The van der Waals surface area contributed by atoms with E-state index in [4.69, 9.17) is 0 Å². The van der Waals surface area contributed by atoms with E-state index in [-0.39, 0.29) is 22.8 Å². The van der Waals surface area contributed by atoms with E-state index in [0.717, 1.165) is 35.5 Å². The fourth-order valence-electron chi connectivity index (χ4n) is 4.59. The van der Waals surface area contributed by atoms with Crippen molar-refractivity contribution in [1.29, 1.82) is 5.26 Å². The first-order valence-electron chi connectivity index (χ1n) is 11.0. The van der Waals surface area contributed by atoms with E-state index in [1.165, 1.54) is 17.1 Å². The maximum Gasteiger partial charge on any atom is 0.227 e. The Labute approximate surface area is 200 Å². The SMILES string of the molecule is Cc1c(C2CN3CCN(C(=O)Cc4ccc(-n5cnnn5)nc4)CC3CS2)ccc(F)c1C#N. The summed E-state index contributed by atoms with van der Waals surface area (Å²) >= 11 is 1.82. The highest BCUT2D eigenvalue weighted by atomic mass is 32.2. The zero-order chi connectivity index (χ0) is 23.7. The van der Waals surface area contributed by atoms with Gasteiger partial charge in [0.1, 0.15) is 18.2 Å². The minimum atomic E-state index is -0.463. The maximum absolute atomic E-state index is 13.9. The number of tetrazole rings is 1. The lowest BCUT2D eigenvalue weighted by molar-refractivity contribution is -0.133. The number of pyridine rings is 1. The summed E-state index contributed by atoms with van der Waals surface area (Å²) in [5.74, 6) is 1.11. The van der Waals surface area contributed by atoms with Gasteiger partial charge in [0.15, 0.2) is 5.82 Å². The first-order valence-corrected chi connectivity index (χ1v) is 12.1. The molecule has 1 amide bonds. The van der Waals surface area contributed by atoms with Crippen molar-refractivity contribution in [1.82, 2.24) is 35.0 Å². The number of hydrogen-bond donors (Lipinski definition) is 0. The second kappa shape index (κ2) is 9.48. The smallest absolute Gasteiger partial charge is 0.227 e. The number of hydrogen-bond acceptors (Lipinski definition) is 8. The maximum atomic E-state index is 13.9. The van der Waals surface area contributed by atoms with Crippen LogP contribution in [0.1, 0.15) is 27.5 Å². The number of thioether (sulfide) groups is 1. The molecule has 5 rings (SSSR count). The van der Waals surface area contributed by atoms with Crippen LogP contribution in [0.2, 0.25) is 0 Å². The van der Waals surface area contributed by atoms with E-state index in [1.807, 2.05) is 41.8 Å². The van der Waals surface area contributed by atoms with Crippen molar-refractivity contribution < 1.29 is 9.18 Å². The molecule has 1 aromatic carbocycles. The van der Waals surface area contributed by atoms with Crippen molar-refractivity contribution in [3.63, 3.8) is 0 Å². The molecule has 3 aromatic rings. The number of halogens is 1. The Morgan fingerprint density at radius 3 is 2.88 bits per heavy atom.